The van der Waals surface area contributed by atoms with Crippen LogP contribution in [-0.2, 0) is 4.79 Å². The molecule has 4 aliphatic rings. The van der Waals surface area contributed by atoms with Crippen molar-refractivity contribution in [1.82, 2.24) is 4.90 Å². The van der Waals surface area contributed by atoms with E-state index in [9.17, 15) is 15.0 Å². The molecule has 1 saturated carbocycles. The van der Waals surface area contributed by atoms with Crippen molar-refractivity contribution in [3.8, 4) is 0 Å². The van der Waals surface area contributed by atoms with Gasteiger partial charge in [0.05, 0.1) is 11.0 Å². The average molecular weight is 225 g/mol. The minimum atomic E-state index is -0.965. The quantitative estimate of drug-likeness (QED) is 0.726. The molecule has 0 radical (unpaired) electrons. The molecule has 0 amide bonds. The Balaban J connectivity index is 1.95. The van der Waals surface area contributed by atoms with Gasteiger partial charge in [-0.1, -0.05) is 6.42 Å². The number of hydrogen-bond acceptors (Lipinski definition) is 3. The predicted octanol–water partition coefficient (Wildman–Crippen LogP) is 0.698. The number of aliphatic hydroxyl groups is 1. The summed E-state index contributed by atoms with van der Waals surface area (Å²) < 4.78 is 0. The van der Waals surface area contributed by atoms with Gasteiger partial charge in [-0.25, -0.2) is 0 Å². The number of aliphatic carboxylic acids is 1. The molecule has 0 spiro atoms. The summed E-state index contributed by atoms with van der Waals surface area (Å²) in [4.78, 5) is 13.7. The second kappa shape index (κ2) is 3.20. The van der Waals surface area contributed by atoms with Crippen LogP contribution in [0.4, 0.5) is 0 Å². The van der Waals surface area contributed by atoms with Crippen LogP contribution in [0.5, 0.6) is 0 Å². The summed E-state index contributed by atoms with van der Waals surface area (Å²) in [5, 5.41) is 20.3. The number of carboxylic acids is 1. The highest BCUT2D eigenvalue weighted by Gasteiger charge is 2.64. The van der Waals surface area contributed by atoms with E-state index in [1.807, 2.05) is 0 Å². The van der Waals surface area contributed by atoms with Crippen LogP contribution >= 0.6 is 0 Å². The topological polar surface area (TPSA) is 60.8 Å². The van der Waals surface area contributed by atoms with E-state index in [0.717, 1.165) is 32.4 Å². The van der Waals surface area contributed by atoms with Gasteiger partial charge < -0.3 is 15.1 Å². The first-order valence-corrected chi connectivity index (χ1v) is 6.27. The molecule has 90 valence electrons. The SMILES string of the molecule is O=C(O)C1(C2(O)CN3CCC2CC3)CCC1. The van der Waals surface area contributed by atoms with E-state index < -0.39 is 17.0 Å². The normalized spacial score (nSPS) is 45.1. The summed E-state index contributed by atoms with van der Waals surface area (Å²) in [5.74, 6) is -0.580. The highest BCUT2D eigenvalue weighted by molar-refractivity contribution is 5.77. The predicted molar refractivity (Wildman–Crippen MR) is 58.0 cm³/mol. The highest BCUT2D eigenvalue weighted by atomic mass is 16.4. The van der Waals surface area contributed by atoms with Crippen molar-refractivity contribution in [2.24, 2.45) is 11.3 Å². The summed E-state index contributed by atoms with van der Waals surface area (Å²) in [6.07, 6.45) is 4.19. The summed E-state index contributed by atoms with van der Waals surface area (Å²) in [6, 6.07) is 0. The van der Waals surface area contributed by atoms with Crippen molar-refractivity contribution in [2.45, 2.75) is 37.7 Å². The number of carbonyl (C=O) groups is 1. The Kier molecular flexibility index (Phi) is 2.11. The van der Waals surface area contributed by atoms with Crippen LogP contribution in [0.25, 0.3) is 0 Å². The summed E-state index contributed by atoms with van der Waals surface area (Å²) in [7, 11) is 0. The molecule has 0 aromatic rings. The molecule has 4 fully saturated rings. The van der Waals surface area contributed by atoms with Crippen LogP contribution in [-0.4, -0.2) is 46.3 Å². The number of rotatable bonds is 2. The lowest BCUT2D eigenvalue weighted by Crippen LogP contribution is -2.70. The third-order valence-electron chi connectivity index (χ3n) is 5.17. The molecule has 1 atom stereocenters. The molecule has 0 aromatic carbocycles. The molecule has 3 saturated heterocycles. The lowest BCUT2D eigenvalue weighted by atomic mass is 9.52. The molecule has 3 aliphatic heterocycles. The molecule has 2 N–H and O–H groups in total. The maximum Gasteiger partial charge on any atom is 0.312 e. The molecule has 1 unspecified atom stereocenters. The number of carboxylic acid groups (broad SMARTS) is 1. The minimum absolute atomic E-state index is 0.203. The lowest BCUT2D eigenvalue weighted by molar-refractivity contribution is -0.223. The van der Waals surface area contributed by atoms with E-state index in [2.05, 4.69) is 4.90 Å². The number of nitrogens with zero attached hydrogens (tertiary/aromatic N) is 1. The highest BCUT2D eigenvalue weighted by Crippen LogP contribution is 2.56. The van der Waals surface area contributed by atoms with Crippen molar-refractivity contribution < 1.29 is 15.0 Å². The van der Waals surface area contributed by atoms with Crippen LogP contribution in [0.15, 0.2) is 0 Å². The molecule has 3 heterocycles. The molecular weight excluding hydrogens is 206 g/mol. The van der Waals surface area contributed by atoms with Crippen molar-refractivity contribution in [1.29, 1.82) is 0 Å². The molecule has 4 nitrogen and oxygen atoms in total. The van der Waals surface area contributed by atoms with Crippen LogP contribution in [0.1, 0.15) is 32.1 Å². The Morgan fingerprint density at radius 1 is 1.25 bits per heavy atom. The fourth-order valence-electron chi connectivity index (χ4n) is 3.94. The number of hydrogen-bond donors (Lipinski definition) is 2. The van der Waals surface area contributed by atoms with Gasteiger partial charge in [0, 0.05) is 6.54 Å². The Hall–Kier alpha value is -0.610. The first-order chi connectivity index (χ1) is 7.58. The van der Waals surface area contributed by atoms with Gasteiger partial charge >= 0.3 is 5.97 Å². The Morgan fingerprint density at radius 2 is 1.88 bits per heavy atom. The standard InChI is InChI=1S/C12H19NO3/c14-10(15)11(4-1-5-11)12(16)8-13-6-2-9(12)3-7-13/h9,16H,1-8H2,(H,14,15). The van der Waals surface area contributed by atoms with Crippen molar-refractivity contribution in [3.63, 3.8) is 0 Å². The molecular formula is C12H19NO3. The third-order valence-corrected chi connectivity index (χ3v) is 5.17. The van der Waals surface area contributed by atoms with Gasteiger partial charge in [0.1, 0.15) is 0 Å². The molecule has 4 rings (SSSR count). The van der Waals surface area contributed by atoms with Crippen LogP contribution < -0.4 is 0 Å². The van der Waals surface area contributed by atoms with Gasteiger partial charge in [-0.2, -0.15) is 0 Å². The Morgan fingerprint density at radius 3 is 2.19 bits per heavy atom. The maximum atomic E-state index is 11.5. The largest absolute Gasteiger partial charge is 0.481 e. The zero-order valence-electron chi connectivity index (χ0n) is 9.48. The van der Waals surface area contributed by atoms with E-state index in [1.54, 1.807) is 0 Å². The fraction of sp³-hybridized carbons (Fsp3) is 0.917. The molecule has 4 heteroatoms. The van der Waals surface area contributed by atoms with Crippen LogP contribution in [0.2, 0.25) is 0 Å². The van der Waals surface area contributed by atoms with Gasteiger partial charge in [0.15, 0.2) is 0 Å². The molecule has 16 heavy (non-hydrogen) atoms. The molecule has 1 aliphatic carbocycles. The first kappa shape index (κ1) is 10.5. The van der Waals surface area contributed by atoms with Crippen molar-refractivity contribution in [3.05, 3.63) is 0 Å². The Labute approximate surface area is 95.2 Å². The van der Waals surface area contributed by atoms with E-state index in [-0.39, 0.29) is 5.92 Å². The van der Waals surface area contributed by atoms with E-state index in [0.29, 0.717) is 19.4 Å². The van der Waals surface area contributed by atoms with Gasteiger partial charge in [0.25, 0.3) is 0 Å². The number of fused-ring (bicyclic) bond motifs is 3. The summed E-state index contributed by atoms with van der Waals surface area (Å²) in [5.41, 5.74) is -1.80. The molecule has 2 bridgehead atoms. The lowest BCUT2D eigenvalue weighted by Gasteiger charge is -2.60. The van der Waals surface area contributed by atoms with E-state index in [1.165, 1.54) is 0 Å². The van der Waals surface area contributed by atoms with Crippen LogP contribution in [0.3, 0.4) is 0 Å². The maximum absolute atomic E-state index is 11.5. The van der Waals surface area contributed by atoms with Crippen molar-refractivity contribution in [2.75, 3.05) is 19.6 Å². The average Bonchev–Trinajstić information content (AvgIpc) is 2.15. The van der Waals surface area contributed by atoms with E-state index >= 15 is 0 Å². The zero-order valence-corrected chi connectivity index (χ0v) is 9.48. The smallest absolute Gasteiger partial charge is 0.312 e. The van der Waals surface area contributed by atoms with Gasteiger partial charge in [-0.15, -0.1) is 0 Å². The molecule has 0 aromatic heterocycles. The van der Waals surface area contributed by atoms with Gasteiger partial charge in [0.2, 0.25) is 0 Å². The van der Waals surface area contributed by atoms with Crippen molar-refractivity contribution >= 4 is 5.97 Å². The van der Waals surface area contributed by atoms with Crippen LogP contribution in [0, 0.1) is 11.3 Å². The van der Waals surface area contributed by atoms with Gasteiger partial charge in [-0.05, 0) is 44.7 Å². The second-order valence-electron chi connectivity index (χ2n) is 5.72. The monoisotopic (exact) mass is 225 g/mol. The summed E-state index contributed by atoms with van der Waals surface area (Å²) >= 11 is 0. The fourth-order valence-corrected chi connectivity index (χ4v) is 3.94. The summed E-state index contributed by atoms with van der Waals surface area (Å²) in [6.45, 7) is 2.63. The van der Waals surface area contributed by atoms with E-state index in [4.69, 9.17) is 0 Å². The second-order valence-corrected chi connectivity index (χ2v) is 5.72. The zero-order chi connectivity index (χ0) is 11.4. The Bertz CT molecular complexity index is 318. The third kappa shape index (κ3) is 1.09. The minimum Gasteiger partial charge on any atom is -0.481 e. The van der Waals surface area contributed by atoms with Gasteiger partial charge in [-0.3, -0.25) is 4.79 Å². The number of piperidine rings is 3. The first-order valence-electron chi connectivity index (χ1n) is 6.27.